The first-order chi connectivity index (χ1) is 10.6. The molecular formula is C15H21BN2O4. The van der Waals surface area contributed by atoms with E-state index in [0.717, 1.165) is 35.9 Å². The summed E-state index contributed by atoms with van der Waals surface area (Å²) in [6, 6.07) is 3.38. The van der Waals surface area contributed by atoms with Crippen LogP contribution in [-0.4, -0.2) is 43.8 Å². The van der Waals surface area contributed by atoms with Crippen LogP contribution in [0.3, 0.4) is 0 Å². The standard InChI is InChI=1S/C15H21BN2O4/c1-21-7-10-5-12(16)11(6-14(10)19)13-8-22-9-15(3-2-4-15)18(13)17-20/h5-6,13,19H,2-4,7-9,16H2,1H3. The Morgan fingerprint density at radius 3 is 2.91 bits per heavy atom. The van der Waals surface area contributed by atoms with E-state index in [1.165, 1.54) is 0 Å². The Hall–Kier alpha value is -1.60. The molecule has 0 bridgehead atoms. The Morgan fingerprint density at radius 2 is 2.32 bits per heavy atom. The second-order valence-corrected chi connectivity index (χ2v) is 6.31. The van der Waals surface area contributed by atoms with Crippen molar-refractivity contribution in [3.8, 4) is 5.75 Å². The molecule has 1 aromatic carbocycles. The van der Waals surface area contributed by atoms with Gasteiger partial charge in [0.15, 0.2) is 0 Å². The van der Waals surface area contributed by atoms with E-state index in [0.29, 0.717) is 19.8 Å². The maximum atomic E-state index is 11.5. The molecule has 1 aromatic rings. The summed E-state index contributed by atoms with van der Waals surface area (Å²) >= 11 is 0. The molecule has 1 spiro atoms. The molecule has 2 fully saturated rings. The molecule has 0 amide bonds. The van der Waals surface area contributed by atoms with Gasteiger partial charge < -0.3 is 14.6 Å². The summed E-state index contributed by atoms with van der Waals surface area (Å²) < 4.78 is 10.8. The van der Waals surface area contributed by atoms with E-state index in [2.05, 4.69) is 5.29 Å². The number of aromatic hydroxyl groups is 1. The zero-order chi connectivity index (χ0) is 15.7. The molecule has 118 valence electrons. The number of nitroso groups, excluding NO2 is 1. The molecule has 1 saturated heterocycles. The summed E-state index contributed by atoms with van der Waals surface area (Å²) in [5.74, 6) is 0.182. The highest BCUT2D eigenvalue weighted by Gasteiger charge is 2.50. The van der Waals surface area contributed by atoms with Crippen LogP contribution in [0.15, 0.2) is 17.4 Å². The number of rotatable bonds is 4. The third kappa shape index (κ3) is 2.38. The van der Waals surface area contributed by atoms with Crippen molar-refractivity contribution < 1.29 is 14.6 Å². The molecule has 1 unspecified atom stereocenters. The molecular weight excluding hydrogens is 283 g/mol. The van der Waals surface area contributed by atoms with Crippen molar-refractivity contribution in [2.45, 2.75) is 37.5 Å². The average molecular weight is 304 g/mol. The van der Waals surface area contributed by atoms with Gasteiger partial charge in [0.1, 0.15) is 13.6 Å². The van der Waals surface area contributed by atoms with Crippen LogP contribution in [0, 0.1) is 4.91 Å². The normalized spacial score (nSPS) is 23.3. The molecule has 1 atom stereocenters. The molecule has 22 heavy (non-hydrogen) atoms. The fourth-order valence-corrected chi connectivity index (χ4v) is 3.55. The lowest BCUT2D eigenvalue weighted by atomic mass is 9.74. The number of methoxy groups -OCH3 is 1. The maximum Gasteiger partial charge on any atom is 0.139 e. The van der Waals surface area contributed by atoms with Crippen molar-refractivity contribution >= 4 is 13.3 Å². The van der Waals surface area contributed by atoms with Gasteiger partial charge in [-0.2, -0.15) is 0 Å². The van der Waals surface area contributed by atoms with E-state index < -0.39 is 0 Å². The van der Waals surface area contributed by atoms with Crippen LogP contribution >= 0.6 is 0 Å². The first kappa shape index (κ1) is 15.3. The van der Waals surface area contributed by atoms with Crippen LogP contribution in [0.25, 0.3) is 0 Å². The van der Waals surface area contributed by atoms with E-state index >= 15 is 0 Å². The van der Waals surface area contributed by atoms with Crippen molar-refractivity contribution in [1.82, 2.24) is 5.01 Å². The van der Waals surface area contributed by atoms with Gasteiger partial charge in [-0.1, -0.05) is 11.5 Å². The minimum absolute atomic E-state index is 0.182. The Balaban J connectivity index is 1.95. The molecule has 7 heteroatoms. The number of phenolic OH excluding ortho intramolecular Hbond substituents is 1. The molecule has 1 N–H and O–H groups in total. The molecule has 0 aromatic heterocycles. The number of hydrogen-bond acceptors (Lipinski definition) is 5. The van der Waals surface area contributed by atoms with E-state index in [9.17, 15) is 10.0 Å². The summed E-state index contributed by atoms with van der Waals surface area (Å²) in [5, 5.41) is 15.2. The lowest BCUT2D eigenvalue weighted by Gasteiger charge is -2.52. The number of hydrogen-bond donors (Lipinski definition) is 1. The first-order valence-corrected chi connectivity index (χ1v) is 7.63. The quantitative estimate of drug-likeness (QED) is 0.657. The van der Waals surface area contributed by atoms with Gasteiger partial charge in [0.25, 0.3) is 0 Å². The number of phenols is 1. The lowest BCUT2D eigenvalue weighted by Crippen LogP contribution is -2.59. The highest BCUT2D eigenvalue weighted by Crippen LogP contribution is 2.45. The Labute approximate surface area is 130 Å². The molecule has 3 rings (SSSR count). The smallest absolute Gasteiger partial charge is 0.139 e. The molecule has 1 heterocycles. The fourth-order valence-electron chi connectivity index (χ4n) is 3.55. The van der Waals surface area contributed by atoms with Crippen LogP contribution in [0.2, 0.25) is 0 Å². The third-order valence-electron chi connectivity index (χ3n) is 4.93. The second-order valence-electron chi connectivity index (χ2n) is 6.31. The van der Waals surface area contributed by atoms with Crippen LogP contribution in [0.1, 0.15) is 36.4 Å². The van der Waals surface area contributed by atoms with Crippen LogP contribution in [0.4, 0.5) is 0 Å². The molecule has 1 aliphatic carbocycles. The van der Waals surface area contributed by atoms with Gasteiger partial charge in [-0.25, -0.2) is 5.01 Å². The summed E-state index contributed by atoms with van der Waals surface area (Å²) in [5.41, 5.74) is 2.38. The summed E-state index contributed by atoms with van der Waals surface area (Å²) in [6.45, 7) is 1.33. The summed E-state index contributed by atoms with van der Waals surface area (Å²) in [6.07, 6.45) is 2.96. The molecule has 1 aliphatic heterocycles. The monoisotopic (exact) mass is 304 g/mol. The zero-order valence-corrected chi connectivity index (χ0v) is 13.0. The highest BCUT2D eigenvalue weighted by atomic mass is 16.5. The second kappa shape index (κ2) is 5.89. The number of benzene rings is 1. The van der Waals surface area contributed by atoms with Crippen LogP contribution in [0.5, 0.6) is 5.75 Å². The van der Waals surface area contributed by atoms with Gasteiger partial charge in [-0.05, 0) is 30.9 Å². The summed E-state index contributed by atoms with van der Waals surface area (Å²) in [4.78, 5) is 11.5. The van der Waals surface area contributed by atoms with E-state index in [-0.39, 0.29) is 17.3 Å². The molecule has 1 saturated carbocycles. The fraction of sp³-hybridized carbons (Fsp3) is 0.600. The number of morpholine rings is 1. The third-order valence-corrected chi connectivity index (χ3v) is 4.93. The van der Waals surface area contributed by atoms with Gasteiger partial charge in [0, 0.05) is 12.7 Å². The van der Waals surface area contributed by atoms with E-state index in [4.69, 9.17) is 9.47 Å². The number of nitrogens with zero attached hydrogens (tertiary/aromatic N) is 2. The van der Waals surface area contributed by atoms with Gasteiger partial charge in [0.05, 0.1) is 36.7 Å². The minimum Gasteiger partial charge on any atom is -0.508 e. The largest absolute Gasteiger partial charge is 0.508 e. The minimum atomic E-state index is -0.252. The van der Waals surface area contributed by atoms with Crippen molar-refractivity contribution in [1.29, 1.82) is 0 Å². The van der Waals surface area contributed by atoms with Crippen molar-refractivity contribution in [3.05, 3.63) is 28.2 Å². The zero-order valence-electron chi connectivity index (χ0n) is 13.0. The van der Waals surface area contributed by atoms with Crippen LogP contribution in [-0.2, 0) is 16.1 Å². The Morgan fingerprint density at radius 1 is 1.55 bits per heavy atom. The number of ether oxygens (including phenoxy) is 2. The average Bonchev–Trinajstić information content (AvgIpc) is 2.48. The lowest BCUT2D eigenvalue weighted by molar-refractivity contribution is -0.141. The van der Waals surface area contributed by atoms with Gasteiger partial charge in [0.2, 0.25) is 0 Å². The van der Waals surface area contributed by atoms with Gasteiger partial charge >= 0.3 is 0 Å². The van der Waals surface area contributed by atoms with Crippen molar-refractivity contribution in [3.63, 3.8) is 0 Å². The maximum absolute atomic E-state index is 11.5. The van der Waals surface area contributed by atoms with Crippen LogP contribution < -0.4 is 5.46 Å². The Kier molecular flexibility index (Phi) is 4.10. The molecule has 6 nitrogen and oxygen atoms in total. The van der Waals surface area contributed by atoms with Gasteiger partial charge in [-0.3, -0.25) is 0 Å². The summed E-state index contributed by atoms with van der Waals surface area (Å²) in [7, 11) is 3.56. The van der Waals surface area contributed by atoms with Crippen molar-refractivity contribution in [2.24, 2.45) is 5.29 Å². The van der Waals surface area contributed by atoms with E-state index in [1.807, 2.05) is 13.9 Å². The van der Waals surface area contributed by atoms with E-state index in [1.54, 1.807) is 18.2 Å². The SMILES string of the molecule is Bc1cc(COC)c(O)cc1C1COCC2(CCC2)N1N=O. The molecule has 0 radical (unpaired) electrons. The highest BCUT2D eigenvalue weighted by molar-refractivity contribution is 6.33. The topological polar surface area (TPSA) is 71.4 Å². The van der Waals surface area contributed by atoms with Gasteiger partial charge in [-0.15, -0.1) is 4.91 Å². The Bertz CT molecular complexity index is 577. The first-order valence-electron chi connectivity index (χ1n) is 7.63. The molecule has 2 aliphatic rings. The van der Waals surface area contributed by atoms with Crippen molar-refractivity contribution in [2.75, 3.05) is 20.3 Å². The predicted octanol–water partition coefficient (Wildman–Crippen LogP) is 0.774. The predicted molar refractivity (Wildman–Crippen MR) is 84.8 cm³/mol.